The van der Waals surface area contributed by atoms with Gasteiger partial charge < -0.3 is 5.11 Å². The molecule has 0 aliphatic rings. The van der Waals surface area contributed by atoms with E-state index < -0.39 is 0 Å². The third-order valence-corrected chi connectivity index (χ3v) is 1.54. The van der Waals surface area contributed by atoms with Crippen molar-refractivity contribution < 1.29 is 5.11 Å². The van der Waals surface area contributed by atoms with Gasteiger partial charge in [0.1, 0.15) is 5.76 Å². The van der Waals surface area contributed by atoms with Crippen LogP contribution in [0, 0.1) is 0 Å². The van der Waals surface area contributed by atoms with E-state index in [1.54, 1.807) is 6.08 Å². The highest BCUT2D eigenvalue weighted by atomic mass is 16.3. The predicted octanol–water partition coefficient (Wildman–Crippen LogP) is 3.36. The van der Waals surface area contributed by atoms with Gasteiger partial charge in [-0.05, 0) is 44.9 Å². The molecular weight excluding hydrogens is 136 g/mol. The van der Waals surface area contributed by atoms with Crippen molar-refractivity contribution in [2.75, 3.05) is 0 Å². The van der Waals surface area contributed by atoms with E-state index in [1.165, 1.54) is 0 Å². The largest absolute Gasteiger partial charge is 0.508 e. The summed E-state index contributed by atoms with van der Waals surface area (Å²) in [5.74, 6) is 0.338. The Hall–Kier alpha value is -0.980. The molecule has 1 heteroatoms. The molecule has 0 radical (unpaired) electrons. The summed E-state index contributed by atoms with van der Waals surface area (Å²) in [4.78, 5) is 0. The summed E-state index contributed by atoms with van der Waals surface area (Å²) in [5, 5.41) is 9.31. The van der Waals surface area contributed by atoms with Crippen molar-refractivity contribution in [2.24, 2.45) is 0 Å². The maximum atomic E-state index is 9.31. The molecular formula is C10H16O. The van der Waals surface area contributed by atoms with E-state index in [-0.39, 0.29) is 0 Å². The van der Waals surface area contributed by atoms with Gasteiger partial charge in [-0.3, -0.25) is 0 Å². The maximum Gasteiger partial charge on any atom is 0.114 e. The third-order valence-electron chi connectivity index (χ3n) is 1.54. The Morgan fingerprint density at radius 3 is 1.91 bits per heavy atom. The van der Waals surface area contributed by atoms with Crippen molar-refractivity contribution in [3.63, 3.8) is 0 Å². The Morgan fingerprint density at radius 1 is 1.18 bits per heavy atom. The molecule has 0 saturated heterocycles. The summed E-state index contributed by atoms with van der Waals surface area (Å²) in [7, 11) is 0. The van der Waals surface area contributed by atoms with E-state index >= 15 is 0 Å². The number of rotatable bonds is 2. The lowest BCUT2D eigenvalue weighted by Crippen LogP contribution is -1.83. The van der Waals surface area contributed by atoms with Crippen LogP contribution in [0.4, 0.5) is 0 Å². The first-order valence-corrected chi connectivity index (χ1v) is 3.65. The number of aliphatic hydroxyl groups excluding tert-OH is 1. The first-order valence-electron chi connectivity index (χ1n) is 3.65. The Bertz CT molecular complexity index is 215. The molecule has 1 nitrogen and oxygen atoms in total. The summed E-state index contributed by atoms with van der Waals surface area (Å²) >= 11 is 0. The second-order valence-electron chi connectivity index (χ2n) is 2.99. The zero-order valence-corrected chi connectivity index (χ0v) is 7.73. The summed E-state index contributed by atoms with van der Waals surface area (Å²) in [6.45, 7) is 11.4. The molecule has 0 fully saturated rings. The molecule has 0 aliphatic heterocycles. The molecule has 0 aromatic heterocycles. The van der Waals surface area contributed by atoms with Crippen LogP contribution in [0.1, 0.15) is 27.7 Å². The fourth-order valence-electron chi connectivity index (χ4n) is 0.473. The minimum atomic E-state index is 0.338. The lowest BCUT2D eigenvalue weighted by Gasteiger charge is -1.99. The highest BCUT2D eigenvalue weighted by Gasteiger charge is 1.93. The fraction of sp³-hybridized carbons (Fsp3) is 0.400. The molecule has 0 aliphatic carbocycles. The van der Waals surface area contributed by atoms with Crippen LogP contribution in [0.25, 0.3) is 0 Å². The van der Waals surface area contributed by atoms with Gasteiger partial charge in [0.15, 0.2) is 0 Å². The van der Waals surface area contributed by atoms with Crippen LogP contribution in [-0.4, -0.2) is 5.11 Å². The van der Waals surface area contributed by atoms with Gasteiger partial charge in [0, 0.05) is 0 Å². The van der Waals surface area contributed by atoms with E-state index in [0.717, 1.165) is 16.7 Å². The molecule has 0 amide bonds. The number of allylic oxidation sites excluding steroid dienone is 4. The second kappa shape index (κ2) is 4.02. The maximum absolute atomic E-state index is 9.31. The first kappa shape index (κ1) is 10.0. The van der Waals surface area contributed by atoms with Gasteiger partial charge >= 0.3 is 0 Å². The number of hydrogen-bond donors (Lipinski definition) is 1. The Morgan fingerprint density at radius 2 is 1.64 bits per heavy atom. The summed E-state index contributed by atoms with van der Waals surface area (Å²) in [6.07, 6.45) is 1.73. The highest BCUT2D eigenvalue weighted by molar-refractivity contribution is 5.31. The van der Waals surface area contributed by atoms with Gasteiger partial charge in [-0.1, -0.05) is 12.2 Å². The van der Waals surface area contributed by atoms with Gasteiger partial charge in [0.05, 0.1) is 0 Å². The predicted molar refractivity (Wildman–Crippen MR) is 49.6 cm³/mol. The van der Waals surface area contributed by atoms with Gasteiger partial charge in [0.2, 0.25) is 0 Å². The summed E-state index contributed by atoms with van der Waals surface area (Å²) in [5.41, 5.74) is 2.92. The molecule has 62 valence electrons. The molecule has 0 spiro atoms. The van der Waals surface area contributed by atoms with Crippen molar-refractivity contribution in [3.05, 3.63) is 35.1 Å². The zero-order chi connectivity index (χ0) is 9.02. The van der Waals surface area contributed by atoms with Crippen LogP contribution < -0.4 is 0 Å². The van der Waals surface area contributed by atoms with Gasteiger partial charge in [-0.2, -0.15) is 0 Å². The van der Waals surface area contributed by atoms with E-state index in [2.05, 4.69) is 6.58 Å². The van der Waals surface area contributed by atoms with E-state index in [0.29, 0.717) is 5.76 Å². The van der Waals surface area contributed by atoms with Crippen molar-refractivity contribution in [1.29, 1.82) is 0 Å². The quantitative estimate of drug-likeness (QED) is 0.475. The van der Waals surface area contributed by atoms with Gasteiger partial charge in [-0.15, -0.1) is 0 Å². The summed E-state index contributed by atoms with van der Waals surface area (Å²) < 4.78 is 0. The minimum Gasteiger partial charge on any atom is -0.508 e. The molecule has 0 aromatic carbocycles. The van der Waals surface area contributed by atoms with Gasteiger partial charge in [-0.25, -0.2) is 0 Å². The van der Waals surface area contributed by atoms with Crippen molar-refractivity contribution in [3.8, 4) is 0 Å². The first-order chi connectivity index (χ1) is 4.95. The highest BCUT2D eigenvalue weighted by Crippen LogP contribution is 2.10. The molecule has 0 bridgehead atoms. The van der Waals surface area contributed by atoms with E-state index in [9.17, 15) is 5.11 Å². The number of aliphatic hydroxyl groups is 1. The molecule has 0 atom stereocenters. The lowest BCUT2D eigenvalue weighted by atomic mass is 10.1. The van der Waals surface area contributed by atoms with Crippen LogP contribution in [0.2, 0.25) is 0 Å². The average molecular weight is 152 g/mol. The SMILES string of the molecule is C=C(C)/C(C)=C\C(O)=C(C)C. The molecule has 1 N–H and O–H groups in total. The molecule has 0 saturated carbocycles. The topological polar surface area (TPSA) is 20.2 Å². The fourth-order valence-corrected chi connectivity index (χ4v) is 0.473. The lowest BCUT2D eigenvalue weighted by molar-refractivity contribution is 0.425. The van der Waals surface area contributed by atoms with E-state index in [4.69, 9.17) is 0 Å². The molecule has 11 heavy (non-hydrogen) atoms. The molecule has 0 aromatic rings. The third kappa shape index (κ3) is 3.66. The monoisotopic (exact) mass is 152 g/mol. The molecule has 0 heterocycles. The number of hydrogen-bond acceptors (Lipinski definition) is 1. The minimum absolute atomic E-state index is 0.338. The summed E-state index contributed by atoms with van der Waals surface area (Å²) in [6, 6.07) is 0. The van der Waals surface area contributed by atoms with Crippen LogP contribution in [-0.2, 0) is 0 Å². The Labute approximate surface area is 68.7 Å². The van der Waals surface area contributed by atoms with Crippen LogP contribution in [0.3, 0.4) is 0 Å². The van der Waals surface area contributed by atoms with Crippen LogP contribution in [0.15, 0.2) is 35.1 Å². The van der Waals surface area contributed by atoms with Crippen molar-refractivity contribution in [1.82, 2.24) is 0 Å². The second-order valence-corrected chi connectivity index (χ2v) is 2.99. The Balaban J connectivity index is 4.58. The average Bonchev–Trinajstić information content (AvgIpc) is 1.87. The smallest absolute Gasteiger partial charge is 0.114 e. The molecule has 0 rings (SSSR count). The van der Waals surface area contributed by atoms with Crippen LogP contribution in [0.5, 0.6) is 0 Å². The van der Waals surface area contributed by atoms with Crippen LogP contribution >= 0.6 is 0 Å². The standard InChI is InChI=1S/C10H16O/c1-7(2)9(5)6-10(11)8(3)4/h6,11H,1H2,2-5H3/b9-6-. The van der Waals surface area contributed by atoms with Crippen molar-refractivity contribution in [2.45, 2.75) is 27.7 Å². The van der Waals surface area contributed by atoms with Gasteiger partial charge in [0.25, 0.3) is 0 Å². The Kier molecular flexibility index (Phi) is 3.66. The van der Waals surface area contributed by atoms with E-state index in [1.807, 2.05) is 27.7 Å². The normalized spacial score (nSPS) is 11.1. The molecule has 0 unspecified atom stereocenters. The zero-order valence-electron chi connectivity index (χ0n) is 7.73. The van der Waals surface area contributed by atoms with Crippen molar-refractivity contribution >= 4 is 0 Å².